The Morgan fingerprint density at radius 2 is 1.81 bits per heavy atom. The molecule has 0 amide bonds. The molecular formula is C20H36IN5O. The lowest BCUT2D eigenvalue weighted by atomic mass is 10.2. The lowest BCUT2D eigenvalue weighted by Crippen LogP contribution is -2.47. The molecule has 154 valence electrons. The van der Waals surface area contributed by atoms with Crippen molar-refractivity contribution in [2.45, 2.75) is 19.8 Å². The highest BCUT2D eigenvalue weighted by molar-refractivity contribution is 14.0. The number of methoxy groups -OCH3 is 1. The minimum absolute atomic E-state index is 0. The van der Waals surface area contributed by atoms with Gasteiger partial charge in [0.15, 0.2) is 5.96 Å². The number of halogens is 1. The van der Waals surface area contributed by atoms with E-state index in [1.807, 2.05) is 7.05 Å². The van der Waals surface area contributed by atoms with Crippen LogP contribution in [-0.4, -0.2) is 77.4 Å². The maximum atomic E-state index is 5.06. The van der Waals surface area contributed by atoms with Crippen molar-refractivity contribution in [2.75, 3.05) is 71.5 Å². The number of benzene rings is 1. The van der Waals surface area contributed by atoms with Gasteiger partial charge in [0, 0.05) is 65.7 Å². The van der Waals surface area contributed by atoms with Gasteiger partial charge in [0.1, 0.15) is 0 Å². The second-order valence-corrected chi connectivity index (χ2v) is 6.79. The smallest absolute Gasteiger partial charge is 0.190 e. The van der Waals surface area contributed by atoms with Crippen LogP contribution in [0.25, 0.3) is 0 Å². The Morgan fingerprint density at radius 1 is 1.11 bits per heavy atom. The van der Waals surface area contributed by atoms with E-state index in [2.05, 4.69) is 56.6 Å². The van der Waals surface area contributed by atoms with Crippen LogP contribution in [0.15, 0.2) is 29.3 Å². The summed E-state index contributed by atoms with van der Waals surface area (Å²) in [5, 5.41) is 6.70. The summed E-state index contributed by atoms with van der Waals surface area (Å²) in [6, 6.07) is 8.81. The third-order valence-electron chi connectivity index (χ3n) is 4.72. The van der Waals surface area contributed by atoms with Crippen molar-refractivity contribution in [3.8, 4) is 0 Å². The van der Waals surface area contributed by atoms with Crippen LogP contribution in [0.3, 0.4) is 0 Å². The van der Waals surface area contributed by atoms with E-state index in [9.17, 15) is 0 Å². The number of aliphatic imine (C=N–C) groups is 1. The summed E-state index contributed by atoms with van der Waals surface area (Å²) >= 11 is 0. The zero-order valence-electron chi connectivity index (χ0n) is 17.0. The number of hydrogen-bond acceptors (Lipinski definition) is 4. The molecule has 27 heavy (non-hydrogen) atoms. The second-order valence-electron chi connectivity index (χ2n) is 6.79. The summed E-state index contributed by atoms with van der Waals surface area (Å²) in [6.07, 6.45) is 2.12. The summed E-state index contributed by atoms with van der Waals surface area (Å²) in [5.74, 6) is 0.880. The summed E-state index contributed by atoms with van der Waals surface area (Å²) in [4.78, 5) is 9.31. The molecule has 7 heteroatoms. The number of nitrogens with one attached hydrogen (secondary N) is 2. The van der Waals surface area contributed by atoms with E-state index < -0.39 is 0 Å². The van der Waals surface area contributed by atoms with E-state index in [4.69, 9.17) is 4.74 Å². The molecule has 2 rings (SSSR count). The molecule has 0 saturated carbocycles. The standard InChI is InChI=1S/C20H35N5O.HI/c1-18-7-4-8-19(17-18)25-14-12-24(13-15-25)11-5-9-22-20(21-2)23-10-6-16-26-3;/h4,7-8,17H,5-6,9-16H2,1-3H3,(H2,21,22,23);1H. The van der Waals surface area contributed by atoms with Gasteiger partial charge in [-0.05, 0) is 44.0 Å². The Balaban J connectivity index is 0.00000364. The molecule has 0 unspecified atom stereocenters. The molecule has 0 aliphatic carbocycles. The Bertz CT molecular complexity index is 547. The molecule has 1 fully saturated rings. The van der Waals surface area contributed by atoms with E-state index >= 15 is 0 Å². The third kappa shape index (κ3) is 9.12. The maximum absolute atomic E-state index is 5.06. The Labute approximate surface area is 181 Å². The molecule has 0 atom stereocenters. The predicted octanol–water partition coefficient (Wildman–Crippen LogP) is 2.33. The van der Waals surface area contributed by atoms with Crippen molar-refractivity contribution in [3.63, 3.8) is 0 Å². The first-order chi connectivity index (χ1) is 12.7. The summed E-state index contributed by atoms with van der Waals surface area (Å²) in [7, 11) is 3.55. The topological polar surface area (TPSA) is 52.1 Å². The van der Waals surface area contributed by atoms with E-state index in [0.29, 0.717) is 0 Å². The fourth-order valence-corrected chi connectivity index (χ4v) is 3.21. The van der Waals surface area contributed by atoms with Crippen molar-refractivity contribution in [1.29, 1.82) is 0 Å². The first-order valence-corrected chi connectivity index (χ1v) is 9.70. The van der Waals surface area contributed by atoms with Crippen LogP contribution in [0.2, 0.25) is 0 Å². The van der Waals surface area contributed by atoms with Crippen molar-refractivity contribution < 1.29 is 4.74 Å². The molecule has 1 saturated heterocycles. The zero-order chi connectivity index (χ0) is 18.6. The fraction of sp³-hybridized carbons (Fsp3) is 0.650. The number of ether oxygens (including phenoxy) is 1. The monoisotopic (exact) mass is 489 g/mol. The van der Waals surface area contributed by atoms with Crippen molar-refractivity contribution in [2.24, 2.45) is 4.99 Å². The van der Waals surface area contributed by atoms with Gasteiger partial charge in [-0.1, -0.05) is 12.1 Å². The SMILES string of the molecule is CN=C(NCCCOC)NCCCN1CCN(c2cccc(C)c2)CC1.I. The number of aryl methyl sites for hydroxylation is 1. The fourth-order valence-electron chi connectivity index (χ4n) is 3.21. The van der Waals surface area contributed by atoms with Gasteiger partial charge in [0.2, 0.25) is 0 Å². The summed E-state index contributed by atoms with van der Waals surface area (Å²) < 4.78 is 5.06. The van der Waals surface area contributed by atoms with Crippen LogP contribution in [-0.2, 0) is 4.74 Å². The molecule has 2 N–H and O–H groups in total. The van der Waals surface area contributed by atoms with Crippen LogP contribution in [0, 0.1) is 6.92 Å². The molecule has 1 aliphatic heterocycles. The molecule has 1 aliphatic rings. The summed E-state index contributed by atoms with van der Waals surface area (Å²) in [5.41, 5.74) is 2.69. The first kappa shape index (κ1) is 24.0. The minimum atomic E-state index is 0. The van der Waals surface area contributed by atoms with E-state index in [1.165, 1.54) is 11.3 Å². The van der Waals surface area contributed by atoms with E-state index in [1.54, 1.807) is 7.11 Å². The lowest BCUT2D eigenvalue weighted by molar-refractivity contribution is 0.195. The van der Waals surface area contributed by atoms with Crippen LogP contribution in [0.4, 0.5) is 5.69 Å². The Hall–Kier alpha value is -1.06. The normalized spacial score (nSPS) is 15.4. The van der Waals surface area contributed by atoms with Crippen molar-refractivity contribution in [3.05, 3.63) is 29.8 Å². The van der Waals surface area contributed by atoms with Gasteiger partial charge < -0.3 is 20.3 Å². The van der Waals surface area contributed by atoms with Crippen LogP contribution in [0.5, 0.6) is 0 Å². The maximum Gasteiger partial charge on any atom is 0.190 e. The lowest BCUT2D eigenvalue weighted by Gasteiger charge is -2.36. The van der Waals surface area contributed by atoms with Gasteiger partial charge in [-0.3, -0.25) is 9.89 Å². The molecular weight excluding hydrogens is 453 g/mol. The largest absolute Gasteiger partial charge is 0.385 e. The quantitative estimate of drug-likeness (QED) is 0.242. The zero-order valence-corrected chi connectivity index (χ0v) is 19.4. The molecule has 0 radical (unpaired) electrons. The van der Waals surface area contributed by atoms with Gasteiger partial charge in [-0.25, -0.2) is 0 Å². The Kier molecular flexibility index (Phi) is 12.4. The number of hydrogen-bond donors (Lipinski definition) is 2. The third-order valence-corrected chi connectivity index (χ3v) is 4.72. The van der Waals surface area contributed by atoms with Crippen LogP contribution in [0.1, 0.15) is 18.4 Å². The van der Waals surface area contributed by atoms with Gasteiger partial charge in [0.05, 0.1) is 0 Å². The highest BCUT2D eigenvalue weighted by Gasteiger charge is 2.16. The number of anilines is 1. The molecule has 1 heterocycles. The van der Waals surface area contributed by atoms with E-state index in [-0.39, 0.29) is 24.0 Å². The molecule has 0 spiro atoms. The molecule has 0 bridgehead atoms. The highest BCUT2D eigenvalue weighted by atomic mass is 127. The molecule has 1 aromatic carbocycles. The van der Waals surface area contributed by atoms with Gasteiger partial charge in [0.25, 0.3) is 0 Å². The van der Waals surface area contributed by atoms with Crippen LogP contribution >= 0.6 is 24.0 Å². The van der Waals surface area contributed by atoms with Crippen molar-refractivity contribution >= 4 is 35.6 Å². The first-order valence-electron chi connectivity index (χ1n) is 9.70. The average molecular weight is 489 g/mol. The average Bonchev–Trinajstić information content (AvgIpc) is 2.67. The minimum Gasteiger partial charge on any atom is -0.385 e. The number of guanidine groups is 1. The Morgan fingerprint density at radius 3 is 2.44 bits per heavy atom. The van der Waals surface area contributed by atoms with E-state index in [0.717, 1.165) is 71.2 Å². The van der Waals surface area contributed by atoms with Crippen LogP contribution < -0.4 is 15.5 Å². The molecule has 0 aromatic heterocycles. The number of nitrogens with zero attached hydrogens (tertiary/aromatic N) is 3. The second kappa shape index (κ2) is 14.0. The van der Waals surface area contributed by atoms with Crippen molar-refractivity contribution in [1.82, 2.24) is 15.5 Å². The predicted molar refractivity (Wildman–Crippen MR) is 126 cm³/mol. The molecule has 1 aromatic rings. The highest BCUT2D eigenvalue weighted by Crippen LogP contribution is 2.17. The molecule has 6 nitrogen and oxygen atoms in total. The number of rotatable bonds is 9. The van der Waals surface area contributed by atoms with Gasteiger partial charge in [-0.2, -0.15) is 0 Å². The summed E-state index contributed by atoms with van der Waals surface area (Å²) in [6.45, 7) is 10.4. The number of piperazine rings is 1. The van der Waals surface area contributed by atoms with Gasteiger partial charge in [-0.15, -0.1) is 24.0 Å². The van der Waals surface area contributed by atoms with Gasteiger partial charge >= 0.3 is 0 Å².